The van der Waals surface area contributed by atoms with Gasteiger partial charge in [-0.15, -0.1) is 0 Å². The Bertz CT molecular complexity index is 1660. The molecule has 0 bridgehead atoms. The fraction of sp³-hybridized carbons (Fsp3) is 0.100. The fourth-order valence-electron chi connectivity index (χ4n) is 4.45. The summed E-state index contributed by atoms with van der Waals surface area (Å²) in [5.74, 6) is -0.973. The van der Waals surface area contributed by atoms with Crippen molar-refractivity contribution in [2.24, 2.45) is 0 Å². The largest absolute Gasteiger partial charge is 0.488 e. The molecule has 1 saturated heterocycles. The lowest BCUT2D eigenvalue weighted by Gasteiger charge is -2.27. The maximum atomic E-state index is 13.5. The van der Waals surface area contributed by atoms with Crippen LogP contribution in [0.4, 0.5) is 10.5 Å². The maximum absolute atomic E-state index is 13.5. The predicted molar refractivity (Wildman–Crippen MR) is 155 cm³/mol. The molecule has 0 aliphatic carbocycles. The van der Waals surface area contributed by atoms with Crippen molar-refractivity contribution < 1.29 is 19.1 Å². The number of barbiturate groups is 1. The molecule has 1 aliphatic heterocycles. The van der Waals surface area contributed by atoms with E-state index in [4.69, 9.17) is 4.74 Å². The second kappa shape index (κ2) is 10.6. The lowest BCUT2D eigenvalue weighted by molar-refractivity contribution is -0.122. The number of hydrogen-bond acceptors (Lipinski definition) is 4. The zero-order valence-corrected chi connectivity index (χ0v) is 23.7. The van der Waals surface area contributed by atoms with Gasteiger partial charge in [0, 0.05) is 20.1 Å². The molecule has 1 aliphatic rings. The van der Waals surface area contributed by atoms with Crippen LogP contribution in [0.1, 0.15) is 22.3 Å². The minimum absolute atomic E-state index is 0.170. The number of carbonyl (C=O) groups excluding carboxylic acids is 3. The molecule has 8 heteroatoms. The molecular weight excluding hydrogens is 612 g/mol. The molecule has 38 heavy (non-hydrogen) atoms. The summed E-state index contributed by atoms with van der Waals surface area (Å²) in [4.78, 5) is 39.9. The van der Waals surface area contributed by atoms with Crippen molar-refractivity contribution in [3.8, 4) is 5.75 Å². The van der Waals surface area contributed by atoms with E-state index >= 15 is 0 Å². The normalized spacial score (nSPS) is 14.8. The van der Waals surface area contributed by atoms with Gasteiger partial charge in [0.2, 0.25) is 0 Å². The quantitative estimate of drug-likeness (QED) is 0.186. The summed E-state index contributed by atoms with van der Waals surface area (Å²) in [5.41, 5.74) is 3.61. The van der Waals surface area contributed by atoms with Crippen LogP contribution in [-0.4, -0.2) is 17.8 Å². The zero-order valence-electron chi connectivity index (χ0n) is 20.5. The highest BCUT2D eigenvalue weighted by atomic mass is 79.9. The monoisotopic (exact) mass is 632 g/mol. The molecule has 5 rings (SSSR count). The number of rotatable bonds is 5. The van der Waals surface area contributed by atoms with Crippen LogP contribution < -0.4 is 15.0 Å². The first-order valence-electron chi connectivity index (χ1n) is 11.8. The molecule has 4 aromatic rings. The van der Waals surface area contributed by atoms with Crippen molar-refractivity contribution in [2.75, 3.05) is 4.90 Å². The number of benzene rings is 4. The van der Waals surface area contributed by atoms with Crippen molar-refractivity contribution in [1.82, 2.24) is 5.32 Å². The fourth-order valence-corrected chi connectivity index (χ4v) is 5.31. The molecule has 0 saturated carbocycles. The van der Waals surface area contributed by atoms with Crippen molar-refractivity contribution in [3.05, 3.63) is 110 Å². The second-order valence-electron chi connectivity index (χ2n) is 8.94. The highest BCUT2D eigenvalue weighted by Gasteiger charge is 2.37. The number of anilines is 1. The summed E-state index contributed by atoms with van der Waals surface area (Å²) in [6.07, 6.45) is 1.46. The molecule has 1 fully saturated rings. The van der Waals surface area contributed by atoms with Gasteiger partial charge in [0.05, 0.1) is 5.69 Å². The minimum atomic E-state index is -0.792. The number of imide groups is 2. The standard InChI is InChI=1S/C30H22Br2N2O4/c1-17-7-8-19-5-3-4-6-23(19)25(17)16-38-27-12-10-22(32)14-20(27)15-24-28(35)33-30(37)34(29(24)36)26-11-9-21(31)13-18(26)2/h3-15H,16H2,1-2H3,(H,33,35,37)/b24-15-. The van der Waals surface area contributed by atoms with Crippen molar-refractivity contribution in [3.63, 3.8) is 0 Å². The van der Waals surface area contributed by atoms with Crippen molar-refractivity contribution in [2.45, 2.75) is 20.5 Å². The maximum Gasteiger partial charge on any atom is 0.335 e. The van der Waals surface area contributed by atoms with Crippen LogP contribution in [-0.2, 0) is 16.2 Å². The third-order valence-corrected chi connectivity index (χ3v) is 7.41. The Hall–Kier alpha value is -3.75. The SMILES string of the molecule is Cc1cc(Br)ccc1N1C(=O)NC(=O)/C(=C/c2cc(Br)ccc2OCc2c(C)ccc3ccccc23)C1=O. The van der Waals surface area contributed by atoms with Gasteiger partial charge < -0.3 is 4.74 Å². The number of aryl methyl sites for hydroxylation is 2. The van der Waals surface area contributed by atoms with Gasteiger partial charge >= 0.3 is 6.03 Å². The molecule has 4 amide bonds. The second-order valence-corrected chi connectivity index (χ2v) is 10.8. The highest BCUT2D eigenvalue weighted by Crippen LogP contribution is 2.31. The first-order valence-corrected chi connectivity index (χ1v) is 13.4. The van der Waals surface area contributed by atoms with E-state index in [1.807, 2.05) is 25.1 Å². The predicted octanol–water partition coefficient (Wildman–Crippen LogP) is 7.23. The summed E-state index contributed by atoms with van der Waals surface area (Å²) in [6, 6.07) is 22.0. The first-order chi connectivity index (χ1) is 18.2. The van der Waals surface area contributed by atoms with Crippen LogP contribution in [0.5, 0.6) is 5.75 Å². The molecule has 1 N–H and O–H groups in total. The molecule has 4 aromatic carbocycles. The molecule has 6 nitrogen and oxygen atoms in total. The van der Waals surface area contributed by atoms with Crippen LogP contribution in [0.25, 0.3) is 16.8 Å². The van der Waals surface area contributed by atoms with Gasteiger partial charge in [-0.05, 0) is 78.2 Å². The Morgan fingerprint density at radius 1 is 0.868 bits per heavy atom. The van der Waals surface area contributed by atoms with Crippen LogP contribution in [0.3, 0.4) is 0 Å². The average Bonchev–Trinajstić information content (AvgIpc) is 2.88. The van der Waals surface area contributed by atoms with E-state index < -0.39 is 17.8 Å². The molecule has 0 radical (unpaired) electrons. The highest BCUT2D eigenvalue weighted by molar-refractivity contribution is 9.10. The summed E-state index contributed by atoms with van der Waals surface area (Å²) in [7, 11) is 0. The number of nitrogens with one attached hydrogen (secondary N) is 1. The zero-order chi connectivity index (χ0) is 27.0. The van der Waals surface area contributed by atoms with E-state index in [9.17, 15) is 14.4 Å². The van der Waals surface area contributed by atoms with Crippen LogP contribution in [0.2, 0.25) is 0 Å². The molecule has 0 spiro atoms. The lowest BCUT2D eigenvalue weighted by atomic mass is 10.0. The van der Waals surface area contributed by atoms with Crippen molar-refractivity contribution in [1.29, 1.82) is 0 Å². The van der Waals surface area contributed by atoms with Crippen molar-refractivity contribution >= 4 is 72.2 Å². The van der Waals surface area contributed by atoms with Crippen LogP contribution >= 0.6 is 31.9 Å². The Labute approximate surface area is 236 Å². The van der Waals surface area contributed by atoms with E-state index in [0.717, 1.165) is 35.7 Å². The van der Waals surface area contributed by atoms with Crippen LogP contribution in [0, 0.1) is 13.8 Å². The van der Waals surface area contributed by atoms with E-state index in [2.05, 4.69) is 61.4 Å². The number of carbonyl (C=O) groups is 3. The number of urea groups is 1. The summed E-state index contributed by atoms with van der Waals surface area (Å²) in [5, 5.41) is 4.50. The van der Waals surface area contributed by atoms with E-state index in [-0.39, 0.29) is 5.57 Å². The number of ether oxygens (including phenoxy) is 1. The van der Waals surface area contributed by atoms with Gasteiger partial charge in [0.25, 0.3) is 11.8 Å². The molecule has 0 atom stereocenters. The van der Waals surface area contributed by atoms with Gasteiger partial charge in [-0.1, -0.05) is 68.3 Å². The number of halogens is 2. The topological polar surface area (TPSA) is 75.7 Å². The van der Waals surface area contributed by atoms with E-state index in [0.29, 0.717) is 29.2 Å². The Morgan fingerprint density at radius 3 is 2.39 bits per heavy atom. The summed E-state index contributed by atoms with van der Waals surface area (Å²) < 4.78 is 7.81. The Balaban J connectivity index is 1.51. The van der Waals surface area contributed by atoms with Gasteiger partial charge in [-0.3, -0.25) is 14.9 Å². The van der Waals surface area contributed by atoms with Gasteiger partial charge in [0.15, 0.2) is 0 Å². The minimum Gasteiger partial charge on any atom is -0.488 e. The number of fused-ring (bicyclic) bond motifs is 1. The summed E-state index contributed by atoms with van der Waals surface area (Å²) in [6.45, 7) is 4.13. The third-order valence-electron chi connectivity index (χ3n) is 6.42. The molecule has 0 aromatic heterocycles. The Morgan fingerprint density at radius 2 is 1.61 bits per heavy atom. The summed E-state index contributed by atoms with van der Waals surface area (Å²) >= 11 is 6.86. The van der Waals surface area contributed by atoms with Gasteiger partial charge in [-0.2, -0.15) is 0 Å². The smallest absolute Gasteiger partial charge is 0.335 e. The van der Waals surface area contributed by atoms with E-state index in [1.165, 1.54) is 6.08 Å². The molecule has 0 unspecified atom stereocenters. The Kier molecular flexibility index (Phi) is 7.19. The molecular formula is C30H22Br2N2O4. The number of amides is 4. The number of nitrogens with zero attached hydrogens (tertiary/aromatic N) is 1. The first kappa shape index (κ1) is 25.9. The van der Waals surface area contributed by atoms with Gasteiger partial charge in [0.1, 0.15) is 17.9 Å². The number of hydrogen-bond donors (Lipinski definition) is 1. The van der Waals surface area contributed by atoms with E-state index in [1.54, 1.807) is 37.3 Å². The lowest BCUT2D eigenvalue weighted by Crippen LogP contribution is -2.54. The molecule has 190 valence electrons. The third kappa shape index (κ3) is 5.01. The average molecular weight is 634 g/mol. The van der Waals surface area contributed by atoms with Gasteiger partial charge in [-0.25, -0.2) is 9.69 Å². The molecule has 1 heterocycles. The van der Waals surface area contributed by atoms with Crippen LogP contribution in [0.15, 0.2) is 87.3 Å².